The van der Waals surface area contributed by atoms with Gasteiger partial charge in [-0.05, 0) is 23.8 Å². The molecule has 124 valence electrons. The third kappa shape index (κ3) is 2.94. The average Bonchev–Trinajstić information content (AvgIpc) is 3.20. The molecule has 25 heavy (non-hydrogen) atoms. The van der Waals surface area contributed by atoms with E-state index in [1.54, 1.807) is 12.3 Å². The molecule has 0 saturated heterocycles. The number of benzene rings is 1. The highest BCUT2D eigenvalue weighted by atomic mass is 15.4. The van der Waals surface area contributed by atoms with E-state index >= 15 is 0 Å². The number of nitrogen functional groups attached to an aromatic ring is 1. The zero-order valence-electron chi connectivity index (χ0n) is 13.7. The number of aryl methyl sites for hydroxylation is 1. The van der Waals surface area contributed by atoms with Crippen molar-refractivity contribution >= 4 is 23.5 Å². The third-order valence-electron chi connectivity index (χ3n) is 4.03. The van der Waals surface area contributed by atoms with E-state index in [-0.39, 0.29) is 0 Å². The number of hydrogen-bond donors (Lipinski definition) is 3. The average molecular weight is 332 g/mol. The minimum absolute atomic E-state index is 0.495. The molecule has 0 spiro atoms. The lowest BCUT2D eigenvalue weighted by molar-refractivity contribution is -0.510. The lowest BCUT2D eigenvalue weighted by Crippen LogP contribution is -2.17. The van der Waals surface area contributed by atoms with Gasteiger partial charge in [0.2, 0.25) is 0 Å². The second kappa shape index (κ2) is 6.12. The molecular weight excluding hydrogens is 314 g/mol. The van der Waals surface area contributed by atoms with Crippen LogP contribution in [0.2, 0.25) is 0 Å². The molecule has 0 aliphatic rings. The van der Waals surface area contributed by atoms with Crippen LogP contribution in [0, 0.1) is 0 Å². The van der Waals surface area contributed by atoms with E-state index in [1.807, 2.05) is 30.5 Å². The fourth-order valence-electron chi connectivity index (χ4n) is 2.76. The number of aromatic amines is 1. The molecule has 0 radical (unpaired) electrons. The van der Waals surface area contributed by atoms with Crippen LogP contribution in [0.4, 0.5) is 11.6 Å². The maximum atomic E-state index is 5.56. The van der Waals surface area contributed by atoms with Crippen molar-refractivity contribution in [3.8, 4) is 11.3 Å². The topological polar surface area (TPSA) is 88.1 Å². The summed E-state index contributed by atoms with van der Waals surface area (Å²) in [4.78, 5) is 0. The van der Waals surface area contributed by atoms with E-state index < -0.39 is 0 Å². The van der Waals surface area contributed by atoms with Crippen molar-refractivity contribution < 1.29 is 4.40 Å². The Balaban J connectivity index is 1.54. The molecule has 0 atom stereocenters. The van der Waals surface area contributed by atoms with Gasteiger partial charge in [-0.15, -0.1) is 0 Å². The third-order valence-corrected chi connectivity index (χ3v) is 4.03. The van der Waals surface area contributed by atoms with Crippen LogP contribution >= 0.6 is 0 Å². The first-order chi connectivity index (χ1) is 12.2. The van der Waals surface area contributed by atoms with Gasteiger partial charge in [-0.25, -0.2) is 8.97 Å². The first-order valence-corrected chi connectivity index (χ1v) is 7.87. The molecule has 0 saturated carbocycles. The van der Waals surface area contributed by atoms with Gasteiger partial charge in [0.25, 0.3) is 5.65 Å². The zero-order chi connectivity index (χ0) is 17.2. The molecule has 1 aromatic carbocycles. The summed E-state index contributed by atoms with van der Waals surface area (Å²) in [6.07, 6.45) is 5.92. The van der Waals surface area contributed by atoms with Crippen molar-refractivity contribution in [2.75, 3.05) is 11.2 Å². The van der Waals surface area contributed by atoms with E-state index in [0.29, 0.717) is 11.6 Å². The van der Waals surface area contributed by atoms with Gasteiger partial charge in [0.05, 0.1) is 19.5 Å². The fourth-order valence-corrected chi connectivity index (χ4v) is 2.76. The maximum Gasteiger partial charge on any atom is 0.286 e. The van der Waals surface area contributed by atoms with E-state index in [4.69, 9.17) is 5.73 Å². The van der Waals surface area contributed by atoms with Crippen LogP contribution in [0.15, 0.2) is 66.0 Å². The summed E-state index contributed by atoms with van der Waals surface area (Å²) in [7, 11) is 2.07. The van der Waals surface area contributed by atoms with Crippen LogP contribution in [0.5, 0.6) is 0 Å². The molecule has 7 heteroatoms. The molecule has 0 amide bonds. The second-order valence-corrected chi connectivity index (χ2v) is 5.74. The predicted octanol–water partition coefficient (Wildman–Crippen LogP) is 2.18. The van der Waals surface area contributed by atoms with Crippen LogP contribution in [0.3, 0.4) is 0 Å². The molecule has 0 bridgehead atoms. The Bertz CT molecular complexity index is 1040. The number of pyridine rings is 1. The highest BCUT2D eigenvalue weighted by Gasteiger charge is 2.14. The Morgan fingerprint density at radius 3 is 2.80 bits per heavy atom. The van der Waals surface area contributed by atoms with Crippen LogP contribution < -0.4 is 15.6 Å². The Morgan fingerprint density at radius 1 is 1.24 bits per heavy atom. The van der Waals surface area contributed by atoms with Crippen molar-refractivity contribution in [3.63, 3.8) is 0 Å². The van der Waals surface area contributed by atoms with Crippen molar-refractivity contribution in [2.45, 2.75) is 0 Å². The Labute approximate surface area is 144 Å². The van der Waals surface area contributed by atoms with Crippen LogP contribution in [0.1, 0.15) is 5.56 Å². The van der Waals surface area contributed by atoms with Gasteiger partial charge in [0, 0.05) is 17.7 Å². The van der Waals surface area contributed by atoms with Gasteiger partial charge >= 0.3 is 0 Å². The zero-order valence-corrected chi connectivity index (χ0v) is 13.7. The SMILES string of the molecule is Cn1c(-c2ccc(/C=N/Nc3cc(N)[nH]n3)cc2)c[n+]2ccccc12. The normalized spacial score (nSPS) is 11.4. The van der Waals surface area contributed by atoms with Gasteiger partial charge < -0.3 is 5.73 Å². The Hall–Kier alpha value is -3.61. The number of hydrazone groups is 1. The molecular formula is C18H18N7+. The van der Waals surface area contributed by atoms with Crippen molar-refractivity contribution in [3.05, 3.63) is 66.5 Å². The smallest absolute Gasteiger partial charge is 0.286 e. The molecule has 0 aliphatic heterocycles. The predicted molar refractivity (Wildman–Crippen MR) is 98.2 cm³/mol. The van der Waals surface area contributed by atoms with E-state index in [9.17, 15) is 0 Å². The summed E-state index contributed by atoms with van der Waals surface area (Å²) in [5, 5.41) is 10.8. The van der Waals surface area contributed by atoms with E-state index in [2.05, 4.69) is 61.1 Å². The summed E-state index contributed by atoms with van der Waals surface area (Å²) in [6, 6.07) is 16.1. The molecule has 3 aromatic heterocycles. The molecule has 0 fully saturated rings. The second-order valence-electron chi connectivity index (χ2n) is 5.74. The standard InChI is InChI=1S/C18H18N7/c1-24-15(12-25-9-3-2-4-18(24)25)14-7-5-13(6-8-14)11-20-22-17-10-16(19)21-23-17/h2-12H,1H3,(H4,19,21,22,23)/q+1/b20-11+. The number of fused-ring (bicyclic) bond motifs is 1. The van der Waals surface area contributed by atoms with Gasteiger partial charge in [-0.2, -0.15) is 10.2 Å². The van der Waals surface area contributed by atoms with Crippen molar-refractivity contribution in [1.82, 2.24) is 14.8 Å². The number of hydrogen-bond acceptors (Lipinski definition) is 4. The van der Waals surface area contributed by atoms with Gasteiger partial charge in [-0.1, -0.05) is 18.2 Å². The number of imidazole rings is 1. The fraction of sp³-hybridized carbons (Fsp3) is 0.0556. The summed E-state index contributed by atoms with van der Waals surface area (Å²) >= 11 is 0. The van der Waals surface area contributed by atoms with Crippen LogP contribution in [0.25, 0.3) is 16.9 Å². The number of rotatable bonds is 4. The quantitative estimate of drug-likeness (QED) is 0.304. The molecule has 0 unspecified atom stereocenters. The highest BCUT2D eigenvalue weighted by Crippen LogP contribution is 2.19. The largest absolute Gasteiger partial charge is 0.384 e. The first kappa shape index (κ1) is 14.9. The van der Waals surface area contributed by atoms with E-state index in [0.717, 1.165) is 22.5 Å². The lowest BCUT2D eigenvalue weighted by Gasteiger charge is -1.99. The minimum Gasteiger partial charge on any atom is -0.384 e. The summed E-state index contributed by atoms with van der Waals surface area (Å²) < 4.78 is 4.29. The number of nitrogens with two attached hydrogens (primary N) is 1. The highest BCUT2D eigenvalue weighted by molar-refractivity contribution is 5.81. The van der Waals surface area contributed by atoms with Crippen LogP contribution in [-0.2, 0) is 7.05 Å². The van der Waals surface area contributed by atoms with Gasteiger partial charge in [0.15, 0.2) is 11.5 Å². The number of H-pyrrole nitrogens is 1. The summed E-state index contributed by atoms with van der Waals surface area (Å²) in [5.74, 6) is 1.08. The van der Waals surface area contributed by atoms with Crippen molar-refractivity contribution in [2.24, 2.45) is 12.1 Å². The van der Waals surface area contributed by atoms with Gasteiger partial charge in [-0.3, -0.25) is 10.5 Å². The Kier molecular flexibility index (Phi) is 3.66. The number of aromatic nitrogens is 4. The molecule has 4 N–H and O–H groups in total. The summed E-state index contributed by atoms with van der Waals surface area (Å²) in [5.41, 5.74) is 12.8. The maximum absolute atomic E-state index is 5.56. The monoisotopic (exact) mass is 332 g/mol. The molecule has 3 heterocycles. The van der Waals surface area contributed by atoms with Gasteiger partial charge in [0.1, 0.15) is 12.0 Å². The Morgan fingerprint density at radius 2 is 2.08 bits per heavy atom. The van der Waals surface area contributed by atoms with Crippen molar-refractivity contribution in [1.29, 1.82) is 0 Å². The molecule has 4 aromatic rings. The number of nitrogens with one attached hydrogen (secondary N) is 2. The number of anilines is 2. The number of nitrogens with zero attached hydrogens (tertiary/aromatic N) is 4. The van der Waals surface area contributed by atoms with Crippen LogP contribution in [-0.4, -0.2) is 21.0 Å². The molecule has 4 rings (SSSR count). The molecule has 7 nitrogen and oxygen atoms in total. The molecule has 0 aliphatic carbocycles. The lowest BCUT2D eigenvalue weighted by atomic mass is 10.1. The summed E-state index contributed by atoms with van der Waals surface area (Å²) in [6.45, 7) is 0. The minimum atomic E-state index is 0.495. The van der Waals surface area contributed by atoms with E-state index in [1.165, 1.54) is 0 Å². The first-order valence-electron chi connectivity index (χ1n) is 7.87.